The molecule has 0 fully saturated rings. The average molecular weight is 714 g/mol. The number of nitrogens with zero attached hydrogens (tertiary/aromatic N) is 1. The Kier molecular flexibility index (Phi) is 10.4. The van der Waals surface area contributed by atoms with Crippen LogP contribution in [0, 0.1) is 0 Å². The molecule has 2 aliphatic rings. The van der Waals surface area contributed by atoms with Crippen LogP contribution in [0.4, 0.5) is 16.2 Å². The quantitative estimate of drug-likeness (QED) is 0.0909. The second-order valence-electron chi connectivity index (χ2n) is 13.1. The third-order valence-electron chi connectivity index (χ3n) is 9.81. The minimum absolute atomic E-state index is 0.124. The normalized spacial score (nSPS) is 15.1. The molecule has 1 aliphatic heterocycles. The fourth-order valence-corrected chi connectivity index (χ4v) is 7.25. The number of hydrogen-bond donors (Lipinski definition) is 4. The summed E-state index contributed by atoms with van der Waals surface area (Å²) < 4.78 is 6.04. The highest BCUT2D eigenvalue weighted by molar-refractivity contribution is 6.30. The first-order chi connectivity index (χ1) is 25.4. The summed E-state index contributed by atoms with van der Waals surface area (Å²) in [7, 11) is 0. The van der Waals surface area contributed by atoms with Crippen LogP contribution in [0.15, 0.2) is 121 Å². The van der Waals surface area contributed by atoms with Gasteiger partial charge in [-0.05, 0) is 63.2 Å². The smallest absolute Gasteiger partial charge is 0.410 e. The third kappa shape index (κ3) is 7.60. The van der Waals surface area contributed by atoms with Gasteiger partial charge in [0.25, 0.3) is 0 Å². The van der Waals surface area contributed by atoms with Crippen LogP contribution in [0.25, 0.3) is 11.1 Å². The van der Waals surface area contributed by atoms with E-state index >= 15 is 0 Å². The van der Waals surface area contributed by atoms with E-state index in [1.54, 1.807) is 18.2 Å². The number of carbonyl (C=O) groups is 3. The standard InChI is InChI=1S/C42H40ClN5O4/c43-30-19-17-27(18-20-30)23-38(40(49)46-22-21-45-37-16-8-7-15-36(37)44)47-41(50)39-24-28-9-1-2-10-29(28)25-48(39)42(51)52-26-35-33-13-5-3-11-31(33)32-12-4-6-14-34(32)35/h1-20,35,38-39,45H,21-26,44H2,(H,46,49)(H,47,50)/t38?,39-/m1/s1. The summed E-state index contributed by atoms with van der Waals surface area (Å²) in [5.74, 6) is -0.914. The van der Waals surface area contributed by atoms with Crippen LogP contribution in [0.2, 0.25) is 5.02 Å². The average Bonchev–Trinajstić information content (AvgIpc) is 3.49. The van der Waals surface area contributed by atoms with Gasteiger partial charge in [0.05, 0.1) is 17.9 Å². The van der Waals surface area contributed by atoms with E-state index in [0.717, 1.165) is 44.6 Å². The molecule has 5 aromatic rings. The molecule has 1 heterocycles. The maximum absolute atomic E-state index is 14.2. The first-order valence-corrected chi connectivity index (χ1v) is 17.8. The molecule has 3 amide bonds. The number of nitrogens with one attached hydrogen (secondary N) is 3. The summed E-state index contributed by atoms with van der Waals surface area (Å²) in [6.45, 7) is 1.05. The molecule has 0 bridgehead atoms. The Morgan fingerprint density at radius 2 is 1.42 bits per heavy atom. The van der Waals surface area contributed by atoms with Crippen molar-refractivity contribution in [2.24, 2.45) is 0 Å². The highest BCUT2D eigenvalue weighted by Crippen LogP contribution is 2.44. The molecule has 5 N–H and O–H groups in total. The van der Waals surface area contributed by atoms with Crippen molar-refractivity contribution in [3.8, 4) is 11.1 Å². The minimum Gasteiger partial charge on any atom is -0.448 e. The van der Waals surface area contributed by atoms with Crippen LogP contribution in [0.1, 0.15) is 33.7 Å². The second kappa shape index (κ2) is 15.6. The molecule has 2 atom stereocenters. The summed E-state index contributed by atoms with van der Waals surface area (Å²) in [5, 5.41) is 9.72. The van der Waals surface area contributed by atoms with E-state index in [9.17, 15) is 14.4 Å². The largest absolute Gasteiger partial charge is 0.448 e. The maximum Gasteiger partial charge on any atom is 0.410 e. The minimum atomic E-state index is -0.919. The van der Waals surface area contributed by atoms with Crippen LogP contribution in [0.5, 0.6) is 0 Å². The molecule has 5 aromatic carbocycles. The van der Waals surface area contributed by atoms with Gasteiger partial charge in [0.2, 0.25) is 11.8 Å². The molecule has 1 unspecified atom stereocenters. The fraction of sp³-hybridized carbons (Fsp3) is 0.214. The van der Waals surface area contributed by atoms with Gasteiger partial charge < -0.3 is 26.4 Å². The first-order valence-electron chi connectivity index (χ1n) is 17.4. The molecule has 1 aliphatic carbocycles. The summed E-state index contributed by atoms with van der Waals surface area (Å²) in [6, 6.07) is 36.8. The van der Waals surface area contributed by atoms with E-state index in [-0.39, 0.29) is 37.8 Å². The Balaban J connectivity index is 1.07. The van der Waals surface area contributed by atoms with Crippen molar-refractivity contribution in [1.29, 1.82) is 0 Å². The number of rotatable bonds is 11. The predicted molar refractivity (Wildman–Crippen MR) is 204 cm³/mol. The van der Waals surface area contributed by atoms with E-state index in [4.69, 9.17) is 22.1 Å². The lowest BCUT2D eigenvalue weighted by Gasteiger charge is -2.36. The van der Waals surface area contributed by atoms with Gasteiger partial charge >= 0.3 is 6.09 Å². The zero-order valence-electron chi connectivity index (χ0n) is 28.6. The Labute approximate surface area is 308 Å². The van der Waals surface area contributed by atoms with Gasteiger partial charge in [0.1, 0.15) is 18.7 Å². The van der Waals surface area contributed by atoms with E-state index in [0.29, 0.717) is 23.8 Å². The molecule has 0 saturated carbocycles. The molecule has 52 heavy (non-hydrogen) atoms. The van der Waals surface area contributed by atoms with Gasteiger partial charge in [-0.2, -0.15) is 0 Å². The van der Waals surface area contributed by atoms with Gasteiger partial charge in [-0.15, -0.1) is 0 Å². The molecule has 0 aromatic heterocycles. The van der Waals surface area contributed by atoms with Gasteiger partial charge in [0.15, 0.2) is 0 Å². The van der Waals surface area contributed by atoms with Crippen LogP contribution < -0.4 is 21.7 Å². The van der Waals surface area contributed by atoms with Crippen molar-refractivity contribution in [2.75, 3.05) is 30.7 Å². The Morgan fingerprint density at radius 3 is 2.13 bits per heavy atom. The number of para-hydroxylation sites is 2. The van der Waals surface area contributed by atoms with E-state index in [2.05, 4.69) is 40.2 Å². The summed E-state index contributed by atoms with van der Waals surface area (Å²) >= 11 is 6.13. The van der Waals surface area contributed by atoms with Gasteiger partial charge in [0, 0.05) is 36.9 Å². The number of hydrogen-bond acceptors (Lipinski definition) is 6. The van der Waals surface area contributed by atoms with Crippen molar-refractivity contribution in [2.45, 2.75) is 37.4 Å². The molecule has 0 radical (unpaired) electrons. The first kappa shape index (κ1) is 34.6. The fourth-order valence-electron chi connectivity index (χ4n) is 7.12. The van der Waals surface area contributed by atoms with Crippen LogP contribution in [0.3, 0.4) is 0 Å². The van der Waals surface area contributed by atoms with Gasteiger partial charge in [-0.25, -0.2) is 4.79 Å². The molecular weight excluding hydrogens is 674 g/mol. The van der Waals surface area contributed by atoms with Crippen molar-refractivity contribution < 1.29 is 19.1 Å². The zero-order chi connectivity index (χ0) is 36.0. The molecular formula is C42H40ClN5O4. The lowest BCUT2D eigenvalue weighted by molar-refractivity contribution is -0.132. The van der Waals surface area contributed by atoms with Crippen LogP contribution >= 0.6 is 11.6 Å². The van der Waals surface area contributed by atoms with E-state index in [1.807, 2.05) is 78.9 Å². The number of halogens is 1. The number of ether oxygens (including phenoxy) is 1. The molecule has 0 spiro atoms. The SMILES string of the molecule is Nc1ccccc1NCCNC(=O)C(Cc1ccc(Cl)cc1)NC(=O)[C@H]1Cc2ccccc2CN1C(=O)OCC1c2ccccc2-c2ccccc21. The van der Waals surface area contributed by atoms with Crippen molar-refractivity contribution in [1.82, 2.24) is 15.5 Å². The number of nitrogens with two attached hydrogens (primary N) is 1. The van der Waals surface area contributed by atoms with Crippen molar-refractivity contribution in [3.05, 3.63) is 154 Å². The van der Waals surface area contributed by atoms with Crippen LogP contribution in [-0.2, 0) is 33.7 Å². The number of nitrogen functional groups attached to an aromatic ring is 1. The van der Waals surface area contributed by atoms with Gasteiger partial charge in [-0.3, -0.25) is 14.5 Å². The topological polar surface area (TPSA) is 126 Å². The molecule has 9 nitrogen and oxygen atoms in total. The van der Waals surface area contributed by atoms with E-state index in [1.165, 1.54) is 4.90 Å². The number of benzene rings is 5. The predicted octanol–water partition coefficient (Wildman–Crippen LogP) is 6.55. The van der Waals surface area contributed by atoms with E-state index < -0.39 is 24.1 Å². The molecule has 0 saturated heterocycles. The second-order valence-corrected chi connectivity index (χ2v) is 13.6. The molecule has 10 heteroatoms. The summed E-state index contributed by atoms with van der Waals surface area (Å²) in [6.07, 6.45) is -0.0761. The number of carbonyl (C=O) groups excluding carboxylic acids is 3. The summed E-state index contributed by atoms with van der Waals surface area (Å²) in [4.78, 5) is 43.4. The Hall–Kier alpha value is -5.80. The van der Waals surface area contributed by atoms with Crippen LogP contribution in [-0.4, -0.2) is 54.6 Å². The summed E-state index contributed by atoms with van der Waals surface area (Å²) in [5.41, 5.74) is 14.6. The third-order valence-corrected chi connectivity index (χ3v) is 10.1. The monoisotopic (exact) mass is 713 g/mol. The molecule has 7 rings (SSSR count). The van der Waals surface area contributed by atoms with Crippen molar-refractivity contribution >= 4 is 40.9 Å². The highest BCUT2D eigenvalue weighted by Gasteiger charge is 2.38. The maximum atomic E-state index is 14.2. The zero-order valence-corrected chi connectivity index (χ0v) is 29.3. The Bertz CT molecular complexity index is 2040. The number of fused-ring (bicyclic) bond motifs is 4. The Morgan fingerprint density at radius 1 is 0.788 bits per heavy atom. The highest BCUT2D eigenvalue weighted by atomic mass is 35.5. The number of amides is 3. The van der Waals surface area contributed by atoms with Gasteiger partial charge in [-0.1, -0.05) is 109 Å². The lowest BCUT2D eigenvalue weighted by Crippen LogP contribution is -2.57. The lowest BCUT2D eigenvalue weighted by atomic mass is 9.93. The number of anilines is 2. The molecule has 264 valence electrons. The van der Waals surface area contributed by atoms with Crippen molar-refractivity contribution in [3.63, 3.8) is 0 Å².